The van der Waals surface area contributed by atoms with E-state index >= 15 is 0 Å². The minimum atomic E-state index is -4.44. The number of halogens is 3. The van der Waals surface area contributed by atoms with E-state index in [4.69, 9.17) is 4.74 Å². The van der Waals surface area contributed by atoms with Crippen LogP contribution in [-0.2, 0) is 23.9 Å². The van der Waals surface area contributed by atoms with Gasteiger partial charge >= 0.3 is 12.3 Å². The molecule has 8 nitrogen and oxygen atoms in total. The summed E-state index contributed by atoms with van der Waals surface area (Å²) in [5, 5.41) is 10.8. The first-order valence-corrected chi connectivity index (χ1v) is 11.2. The molecule has 3 aromatic rings. The molecule has 0 aliphatic rings. The van der Waals surface area contributed by atoms with Gasteiger partial charge < -0.3 is 9.64 Å². The highest BCUT2D eigenvalue weighted by Gasteiger charge is 2.30. The van der Waals surface area contributed by atoms with E-state index in [2.05, 4.69) is 25.5 Å². The lowest BCUT2D eigenvalue weighted by molar-refractivity contribution is -0.137. The summed E-state index contributed by atoms with van der Waals surface area (Å²) in [4.78, 5) is 22.6. The second-order valence-corrected chi connectivity index (χ2v) is 8.24. The lowest BCUT2D eigenvalue weighted by atomic mass is 10.1. The minimum absolute atomic E-state index is 0.0952. The molecule has 11 heteroatoms. The molecule has 0 bridgehead atoms. The third kappa shape index (κ3) is 8.33. The molecule has 1 amide bonds. The highest BCUT2D eigenvalue weighted by Crippen LogP contribution is 2.29. The molecule has 0 aliphatic carbocycles. The van der Waals surface area contributed by atoms with Crippen LogP contribution in [0.2, 0.25) is 0 Å². The van der Waals surface area contributed by atoms with Crippen molar-refractivity contribution in [3.8, 4) is 0 Å². The number of nitrogens with one attached hydrogen (secondary N) is 1. The van der Waals surface area contributed by atoms with E-state index in [-0.39, 0.29) is 18.2 Å². The maximum atomic E-state index is 12.6. The topological polar surface area (TPSA) is 92.1 Å². The molecule has 3 rings (SSSR count). The van der Waals surface area contributed by atoms with Crippen LogP contribution in [0.4, 0.5) is 35.4 Å². The number of benzene rings is 2. The zero-order chi connectivity index (χ0) is 26.1. The Labute approximate surface area is 207 Å². The first kappa shape index (κ1) is 26.6. The smallest absolute Gasteiger partial charge is 0.416 e. The second kappa shape index (κ2) is 12.1. The van der Waals surface area contributed by atoms with Crippen LogP contribution in [0.15, 0.2) is 64.8 Å². The van der Waals surface area contributed by atoms with Crippen LogP contribution in [0.5, 0.6) is 0 Å². The van der Waals surface area contributed by atoms with Gasteiger partial charge in [0, 0.05) is 31.5 Å². The Morgan fingerprint density at radius 2 is 1.83 bits per heavy atom. The second-order valence-electron chi connectivity index (χ2n) is 8.24. The molecule has 0 aliphatic heterocycles. The van der Waals surface area contributed by atoms with Crippen molar-refractivity contribution in [2.45, 2.75) is 32.5 Å². The standard InChI is InChI=1S/C25H27F3N6O2/c1-17-6-4-7-18(14-17)16-29-33-23-30-21(15-22(32-23)34(2)3)8-5-13-36-24(35)31-20-11-9-19(10-12-20)25(26,27)28/h4,6-7,9-12,14-15H,5,8,13,16H2,1-3H3,(H,31,35). The van der Waals surface area contributed by atoms with Gasteiger partial charge in [-0.3, -0.25) is 5.32 Å². The van der Waals surface area contributed by atoms with Crippen molar-refractivity contribution in [1.29, 1.82) is 0 Å². The molecule has 0 radical (unpaired) electrons. The van der Waals surface area contributed by atoms with Crippen molar-refractivity contribution in [2.24, 2.45) is 10.2 Å². The van der Waals surface area contributed by atoms with Gasteiger partial charge in [-0.1, -0.05) is 29.8 Å². The van der Waals surface area contributed by atoms with Crippen molar-refractivity contribution >= 4 is 23.5 Å². The van der Waals surface area contributed by atoms with Crippen LogP contribution < -0.4 is 10.2 Å². The number of hydrogen-bond donors (Lipinski definition) is 1. The highest BCUT2D eigenvalue weighted by atomic mass is 19.4. The number of carbonyl (C=O) groups is 1. The molecule has 0 unspecified atom stereocenters. The van der Waals surface area contributed by atoms with Gasteiger partial charge in [-0.25, -0.2) is 9.78 Å². The number of rotatable bonds is 9. The molecule has 190 valence electrons. The Hall–Kier alpha value is -4.02. The van der Waals surface area contributed by atoms with E-state index < -0.39 is 17.8 Å². The number of aryl methyl sites for hydroxylation is 2. The lowest BCUT2D eigenvalue weighted by Crippen LogP contribution is -2.15. The quantitative estimate of drug-likeness (QED) is 0.274. The van der Waals surface area contributed by atoms with Crippen LogP contribution in [-0.4, -0.2) is 36.8 Å². The number of azo groups is 1. The SMILES string of the molecule is Cc1cccc(CN=Nc2nc(CCCOC(=O)Nc3ccc(C(F)(F)F)cc3)cc(N(C)C)n2)c1. The molecule has 0 saturated carbocycles. The minimum Gasteiger partial charge on any atom is -0.449 e. The van der Waals surface area contributed by atoms with E-state index in [9.17, 15) is 18.0 Å². The number of hydrogen-bond acceptors (Lipinski definition) is 7. The van der Waals surface area contributed by atoms with Gasteiger partial charge in [0.15, 0.2) is 0 Å². The lowest BCUT2D eigenvalue weighted by Gasteiger charge is -2.13. The zero-order valence-corrected chi connectivity index (χ0v) is 20.2. The third-order valence-electron chi connectivity index (χ3n) is 4.98. The molecule has 0 saturated heterocycles. The Morgan fingerprint density at radius 1 is 1.08 bits per heavy atom. The number of nitrogens with zero attached hydrogens (tertiary/aromatic N) is 5. The number of amides is 1. The molecule has 2 aromatic carbocycles. The number of alkyl halides is 3. The van der Waals surface area contributed by atoms with Gasteiger partial charge in [0.05, 0.1) is 18.7 Å². The monoisotopic (exact) mass is 500 g/mol. The molecule has 36 heavy (non-hydrogen) atoms. The molecule has 1 N–H and O–H groups in total. The van der Waals surface area contributed by atoms with Gasteiger partial charge in [0.1, 0.15) is 5.82 Å². The van der Waals surface area contributed by atoms with E-state index in [0.717, 1.165) is 23.3 Å². The molecule has 0 fully saturated rings. The molecule has 1 heterocycles. The van der Waals surface area contributed by atoms with Crippen LogP contribution in [0.25, 0.3) is 0 Å². The highest BCUT2D eigenvalue weighted by molar-refractivity contribution is 5.84. The Morgan fingerprint density at radius 3 is 2.50 bits per heavy atom. The van der Waals surface area contributed by atoms with Gasteiger partial charge in [0.2, 0.25) is 0 Å². The van der Waals surface area contributed by atoms with Crippen LogP contribution in [0.3, 0.4) is 0 Å². The Balaban J connectivity index is 1.51. The number of ether oxygens (including phenoxy) is 1. The molecular weight excluding hydrogens is 473 g/mol. The fourth-order valence-electron chi connectivity index (χ4n) is 3.18. The number of aromatic nitrogens is 2. The van der Waals surface area contributed by atoms with Gasteiger partial charge in [-0.05, 0) is 49.6 Å². The van der Waals surface area contributed by atoms with E-state index in [0.29, 0.717) is 30.9 Å². The van der Waals surface area contributed by atoms with Crippen LogP contribution in [0.1, 0.15) is 28.8 Å². The largest absolute Gasteiger partial charge is 0.449 e. The van der Waals surface area contributed by atoms with E-state index in [1.54, 1.807) is 0 Å². The maximum Gasteiger partial charge on any atom is 0.416 e. The Kier molecular flexibility index (Phi) is 8.93. The summed E-state index contributed by atoms with van der Waals surface area (Å²) in [6.45, 7) is 2.52. The average molecular weight is 501 g/mol. The predicted octanol–water partition coefficient (Wildman–Crippen LogP) is 6.34. The van der Waals surface area contributed by atoms with E-state index in [1.165, 1.54) is 12.1 Å². The van der Waals surface area contributed by atoms with Crippen LogP contribution in [0, 0.1) is 6.92 Å². The van der Waals surface area contributed by atoms with Crippen molar-refractivity contribution in [3.63, 3.8) is 0 Å². The number of carbonyl (C=O) groups excluding carboxylic acids is 1. The van der Waals surface area contributed by atoms with Gasteiger partial charge in [-0.2, -0.15) is 23.3 Å². The van der Waals surface area contributed by atoms with Crippen molar-refractivity contribution in [3.05, 3.63) is 77.0 Å². The Bertz CT molecular complexity index is 1200. The summed E-state index contributed by atoms with van der Waals surface area (Å²) < 4.78 is 43.0. The molecule has 1 aromatic heterocycles. The van der Waals surface area contributed by atoms with Crippen molar-refractivity contribution in [1.82, 2.24) is 9.97 Å². The fraction of sp³-hybridized carbons (Fsp3) is 0.320. The summed E-state index contributed by atoms with van der Waals surface area (Å²) in [6, 6.07) is 13.9. The van der Waals surface area contributed by atoms with Crippen molar-refractivity contribution in [2.75, 3.05) is 30.9 Å². The van der Waals surface area contributed by atoms with E-state index in [1.807, 2.05) is 56.3 Å². The predicted molar refractivity (Wildman–Crippen MR) is 130 cm³/mol. The first-order valence-electron chi connectivity index (χ1n) is 11.2. The summed E-state index contributed by atoms with van der Waals surface area (Å²) in [5.41, 5.74) is 2.31. The van der Waals surface area contributed by atoms with Gasteiger partial charge in [0.25, 0.3) is 5.95 Å². The first-order chi connectivity index (χ1) is 17.1. The summed E-state index contributed by atoms with van der Waals surface area (Å²) >= 11 is 0. The third-order valence-corrected chi connectivity index (χ3v) is 4.98. The normalized spacial score (nSPS) is 11.5. The van der Waals surface area contributed by atoms with Gasteiger partial charge in [-0.15, -0.1) is 5.11 Å². The zero-order valence-electron chi connectivity index (χ0n) is 20.2. The molecule has 0 atom stereocenters. The van der Waals surface area contributed by atoms with Crippen LogP contribution >= 0.6 is 0 Å². The molecule has 0 spiro atoms. The maximum absolute atomic E-state index is 12.6. The average Bonchev–Trinajstić information content (AvgIpc) is 2.81. The summed E-state index contributed by atoms with van der Waals surface area (Å²) in [7, 11) is 3.71. The molecular formula is C25H27F3N6O2. The summed E-state index contributed by atoms with van der Waals surface area (Å²) in [6.07, 6.45) is -4.21. The van der Waals surface area contributed by atoms with Crippen molar-refractivity contribution < 1.29 is 22.7 Å². The summed E-state index contributed by atoms with van der Waals surface area (Å²) in [5.74, 6) is 0.912. The number of anilines is 2. The fourth-order valence-corrected chi connectivity index (χ4v) is 3.18.